The molecule has 0 aromatic heterocycles. The molecular weight excluding hydrogens is 410 g/mol. The first-order chi connectivity index (χ1) is 14.6. The number of sulfonamides is 1. The molecule has 0 spiro atoms. The minimum Gasteiger partial charge on any atom is -0.399 e. The van der Waals surface area contributed by atoms with E-state index in [-0.39, 0.29) is 5.54 Å². The number of oxime groups is 1. The van der Waals surface area contributed by atoms with Crippen molar-refractivity contribution in [3.8, 4) is 0 Å². The summed E-state index contributed by atoms with van der Waals surface area (Å²) < 4.78 is 25.3. The van der Waals surface area contributed by atoms with Gasteiger partial charge in [-0.25, -0.2) is 8.42 Å². The Morgan fingerprint density at radius 1 is 1.16 bits per heavy atom. The summed E-state index contributed by atoms with van der Waals surface area (Å²) in [4.78, 5) is 7.75. The van der Waals surface area contributed by atoms with Crippen LogP contribution in [0.4, 0.5) is 0 Å². The molecule has 1 saturated heterocycles. The fourth-order valence-corrected chi connectivity index (χ4v) is 5.59. The second-order valence-corrected chi connectivity index (χ2v) is 12.0. The lowest BCUT2D eigenvalue weighted by molar-refractivity contribution is 0.0850. The quantitative estimate of drug-likeness (QED) is 0.466. The van der Waals surface area contributed by atoms with E-state index in [1.165, 1.54) is 44.2 Å². The zero-order chi connectivity index (χ0) is 22.6. The molecule has 0 aliphatic carbocycles. The van der Waals surface area contributed by atoms with Gasteiger partial charge in [-0.2, -0.15) is 4.31 Å². The monoisotopic (exact) mass is 449 g/mol. The highest BCUT2D eigenvalue weighted by molar-refractivity contribution is 7.88. The van der Waals surface area contributed by atoms with Gasteiger partial charge in [0.05, 0.1) is 12.0 Å². The van der Waals surface area contributed by atoms with E-state index in [9.17, 15) is 8.42 Å². The van der Waals surface area contributed by atoms with Gasteiger partial charge in [0.2, 0.25) is 10.0 Å². The molecule has 0 radical (unpaired) electrons. The molecule has 0 N–H and O–H groups in total. The van der Waals surface area contributed by atoms with E-state index >= 15 is 0 Å². The topological polar surface area (TPSA) is 62.2 Å². The number of likely N-dealkylation sites (tertiary alicyclic amines) is 1. The second-order valence-electron chi connectivity index (χ2n) is 10.0. The van der Waals surface area contributed by atoms with Crippen molar-refractivity contribution in [2.75, 3.05) is 33.0 Å². The molecule has 31 heavy (non-hydrogen) atoms. The maximum atomic E-state index is 11.9. The summed E-state index contributed by atoms with van der Waals surface area (Å²) in [5, 5.41) is 4.33. The molecule has 7 heteroatoms. The molecule has 2 aliphatic rings. The largest absolute Gasteiger partial charge is 0.399 e. The molecule has 1 aromatic rings. The van der Waals surface area contributed by atoms with Crippen LogP contribution in [0.25, 0.3) is 0 Å². The van der Waals surface area contributed by atoms with Crippen LogP contribution in [0, 0.1) is 5.92 Å². The van der Waals surface area contributed by atoms with Crippen molar-refractivity contribution in [2.24, 2.45) is 11.1 Å². The van der Waals surface area contributed by atoms with Crippen LogP contribution in [0.3, 0.4) is 0 Å². The summed E-state index contributed by atoms with van der Waals surface area (Å²) in [5.74, 6) is 0.799. The standard InChI is InChI=1S/C24H39N3O3S/c1-24(2,3)26-14-11-19(12-15-26)7-6-8-23(25-30-4)21-9-10-22-18-27(31(5,28)29)16-13-20(22)17-21/h9-10,17,19H,6-8,11-16,18H2,1-5H3. The van der Waals surface area contributed by atoms with Gasteiger partial charge in [-0.15, -0.1) is 0 Å². The van der Waals surface area contributed by atoms with Gasteiger partial charge in [0, 0.05) is 18.6 Å². The van der Waals surface area contributed by atoms with Crippen molar-refractivity contribution in [3.05, 3.63) is 34.9 Å². The zero-order valence-electron chi connectivity index (χ0n) is 19.9. The summed E-state index contributed by atoms with van der Waals surface area (Å²) in [6.45, 7) is 10.3. The number of hydrogen-bond acceptors (Lipinski definition) is 5. The van der Waals surface area contributed by atoms with E-state index in [1.807, 2.05) is 0 Å². The first-order valence-electron chi connectivity index (χ1n) is 11.5. The van der Waals surface area contributed by atoms with E-state index in [2.05, 4.69) is 49.0 Å². The zero-order valence-corrected chi connectivity index (χ0v) is 20.7. The smallest absolute Gasteiger partial charge is 0.211 e. The molecule has 174 valence electrons. The molecule has 0 bridgehead atoms. The van der Waals surface area contributed by atoms with Crippen molar-refractivity contribution in [3.63, 3.8) is 0 Å². The number of fused-ring (bicyclic) bond motifs is 1. The maximum absolute atomic E-state index is 11.9. The van der Waals surface area contributed by atoms with Crippen molar-refractivity contribution in [2.45, 2.75) is 71.4 Å². The van der Waals surface area contributed by atoms with Crippen LogP contribution < -0.4 is 0 Å². The fraction of sp³-hybridized carbons (Fsp3) is 0.708. The predicted octanol–water partition coefficient (Wildman–Crippen LogP) is 4.04. The van der Waals surface area contributed by atoms with E-state index in [0.717, 1.165) is 42.0 Å². The summed E-state index contributed by atoms with van der Waals surface area (Å²) in [6.07, 6.45) is 7.83. The molecule has 3 rings (SSSR count). The third-order valence-corrected chi connectivity index (χ3v) is 8.03. The van der Waals surface area contributed by atoms with E-state index in [1.54, 1.807) is 11.4 Å². The molecule has 1 aromatic carbocycles. The highest BCUT2D eigenvalue weighted by Crippen LogP contribution is 2.28. The average molecular weight is 450 g/mol. The molecule has 0 saturated carbocycles. The summed E-state index contributed by atoms with van der Waals surface area (Å²) >= 11 is 0. The fourth-order valence-electron chi connectivity index (χ4n) is 4.79. The van der Waals surface area contributed by atoms with Crippen molar-refractivity contribution in [1.82, 2.24) is 9.21 Å². The van der Waals surface area contributed by atoms with Gasteiger partial charge in [0.25, 0.3) is 0 Å². The van der Waals surface area contributed by atoms with Crippen LogP contribution in [0.5, 0.6) is 0 Å². The summed E-state index contributed by atoms with van der Waals surface area (Å²) in [5.41, 5.74) is 4.66. The van der Waals surface area contributed by atoms with E-state index in [0.29, 0.717) is 13.1 Å². The van der Waals surface area contributed by atoms with E-state index < -0.39 is 10.0 Å². The van der Waals surface area contributed by atoms with Crippen LogP contribution in [0.2, 0.25) is 0 Å². The lowest BCUT2D eigenvalue weighted by Gasteiger charge is -2.41. The van der Waals surface area contributed by atoms with Gasteiger partial charge in [-0.1, -0.05) is 17.3 Å². The Labute approximate surface area is 188 Å². The van der Waals surface area contributed by atoms with E-state index in [4.69, 9.17) is 4.84 Å². The van der Waals surface area contributed by atoms with Gasteiger partial charge < -0.3 is 4.84 Å². The molecule has 0 atom stereocenters. The minimum atomic E-state index is -3.15. The predicted molar refractivity (Wildman–Crippen MR) is 127 cm³/mol. The van der Waals surface area contributed by atoms with Gasteiger partial charge >= 0.3 is 0 Å². The van der Waals surface area contributed by atoms with Crippen LogP contribution in [0.15, 0.2) is 23.4 Å². The number of piperidine rings is 1. The Balaban J connectivity index is 1.57. The Morgan fingerprint density at radius 2 is 1.87 bits per heavy atom. The molecule has 1 fully saturated rings. The Hall–Kier alpha value is -1.44. The Bertz CT molecular complexity index is 882. The number of rotatable bonds is 7. The van der Waals surface area contributed by atoms with Crippen molar-refractivity contribution >= 4 is 15.7 Å². The third kappa shape index (κ3) is 6.53. The molecular formula is C24H39N3O3S. The molecule has 0 unspecified atom stereocenters. The molecule has 2 heterocycles. The highest BCUT2D eigenvalue weighted by atomic mass is 32.2. The van der Waals surface area contributed by atoms with Gasteiger partial charge in [-0.3, -0.25) is 4.90 Å². The maximum Gasteiger partial charge on any atom is 0.211 e. The number of benzene rings is 1. The van der Waals surface area contributed by atoms with Gasteiger partial charge in [0.1, 0.15) is 7.11 Å². The van der Waals surface area contributed by atoms with Crippen LogP contribution >= 0.6 is 0 Å². The van der Waals surface area contributed by atoms with Gasteiger partial charge in [-0.05, 0) is 101 Å². The lowest BCUT2D eigenvalue weighted by atomic mass is 9.88. The van der Waals surface area contributed by atoms with Gasteiger partial charge in [0.15, 0.2) is 0 Å². The Kier molecular flexibility index (Phi) is 7.81. The second kappa shape index (κ2) is 10.0. The molecule has 6 nitrogen and oxygen atoms in total. The van der Waals surface area contributed by atoms with Crippen LogP contribution in [-0.2, 0) is 27.8 Å². The normalized spacial score (nSPS) is 20.0. The average Bonchev–Trinajstić information content (AvgIpc) is 2.71. The lowest BCUT2D eigenvalue weighted by Crippen LogP contribution is -2.46. The number of nitrogens with zero attached hydrogens (tertiary/aromatic N) is 3. The van der Waals surface area contributed by atoms with Crippen molar-refractivity contribution < 1.29 is 13.3 Å². The Morgan fingerprint density at radius 3 is 2.48 bits per heavy atom. The third-order valence-electron chi connectivity index (χ3n) is 6.78. The molecule has 2 aliphatic heterocycles. The SMILES string of the molecule is CON=C(CCCC1CCN(C(C)(C)C)CC1)c1ccc2c(c1)CCN(S(C)(=O)=O)C2. The minimum absolute atomic E-state index is 0.272. The first-order valence-corrected chi connectivity index (χ1v) is 13.3. The highest BCUT2D eigenvalue weighted by Gasteiger charge is 2.27. The van der Waals surface area contributed by atoms with Crippen LogP contribution in [-0.4, -0.2) is 61.9 Å². The summed E-state index contributed by atoms with van der Waals surface area (Å²) in [6, 6.07) is 6.29. The van der Waals surface area contributed by atoms with Crippen molar-refractivity contribution in [1.29, 1.82) is 0 Å². The summed E-state index contributed by atoms with van der Waals surface area (Å²) in [7, 11) is -1.55. The van der Waals surface area contributed by atoms with Crippen LogP contribution in [0.1, 0.15) is 69.6 Å². The first kappa shape index (κ1) is 24.2. The molecule has 0 amide bonds. The number of hydrogen-bond donors (Lipinski definition) is 0.